The fraction of sp³-hybridized carbons (Fsp3) is 0.455. The molecule has 0 aliphatic rings. The lowest BCUT2D eigenvalue weighted by Gasteiger charge is -2.24. The standard InChI is InChI=1S/C22H28F3NO3/c23-22(24,25)19-14-18(11-12-21(26,15-27)16-28)9-10-20(19)29-13-5-4-8-17-6-2-1-3-7-17/h1-3,6-7,9-10,14,27-28H,4-5,8,11-13,15-16,26H2. The number of benzene rings is 2. The van der Waals surface area contributed by atoms with Crippen molar-refractivity contribution in [3.8, 4) is 5.75 Å². The molecule has 7 heteroatoms. The Bertz CT molecular complexity index is 747. The van der Waals surface area contributed by atoms with Crippen LogP contribution in [0.15, 0.2) is 48.5 Å². The van der Waals surface area contributed by atoms with E-state index in [2.05, 4.69) is 0 Å². The zero-order chi connectivity index (χ0) is 21.3. The number of rotatable bonds is 11. The van der Waals surface area contributed by atoms with Crippen LogP contribution >= 0.6 is 0 Å². The summed E-state index contributed by atoms with van der Waals surface area (Å²) >= 11 is 0. The molecule has 0 unspecified atom stereocenters. The van der Waals surface area contributed by atoms with E-state index in [0.717, 1.165) is 18.9 Å². The predicted molar refractivity (Wildman–Crippen MR) is 106 cm³/mol. The van der Waals surface area contributed by atoms with E-state index in [1.165, 1.54) is 11.6 Å². The smallest absolute Gasteiger partial charge is 0.419 e. The van der Waals surface area contributed by atoms with Crippen LogP contribution < -0.4 is 10.5 Å². The van der Waals surface area contributed by atoms with E-state index >= 15 is 0 Å². The predicted octanol–water partition coefficient (Wildman–Crippen LogP) is 3.72. The summed E-state index contributed by atoms with van der Waals surface area (Å²) in [5.74, 6) is -0.190. The molecule has 0 fully saturated rings. The van der Waals surface area contributed by atoms with Gasteiger partial charge in [-0.3, -0.25) is 0 Å². The molecule has 2 aromatic rings. The monoisotopic (exact) mass is 411 g/mol. The minimum absolute atomic E-state index is 0.164. The highest BCUT2D eigenvalue weighted by Gasteiger charge is 2.35. The number of unbranched alkanes of at least 4 members (excludes halogenated alkanes) is 1. The minimum Gasteiger partial charge on any atom is -0.493 e. The van der Waals surface area contributed by atoms with Crippen LogP contribution in [0.3, 0.4) is 0 Å². The molecule has 0 aromatic heterocycles. The van der Waals surface area contributed by atoms with Crippen molar-refractivity contribution < 1.29 is 28.1 Å². The number of nitrogens with two attached hydrogens (primary N) is 1. The molecular formula is C22H28F3NO3. The Morgan fingerprint density at radius 1 is 0.862 bits per heavy atom. The Morgan fingerprint density at radius 3 is 2.17 bits per heavy atom. The van der Waals surface area contributed by atoms with Crippen molar-refractivity contribution in [3.05, 3.63) is 65.2 Å². The maximum atomic E-state index is 13.4. The molecule has 0 bridgehead atoms. The summed E-state index contributed by atoms with van der Waals surface area (Å²) in [4.78, 5) is 0. The highest BCUT2D eigenvalue weighted by molar-refractivity contribution is 5.39. The van der Waals surface area contributed by atoms with Gasteiger partial charge in [0.05, 0.1) is 30.9 Å². The number of aliphatic hydroxyl groups is 2. The minimum atomic E-state index is -4.54. The first-order valence-electron chi connectivity index (χ1n) is 9.65. The zero-order valence-corrected chi connectivity index (χ0v) is 16.3. The molecule has 0 amide bonds. The molecule has 0 radical (unpaired) electrons. The summed E-state index contributed by atoms with van der Waals surface area (Å²) in [6, 6.07) is 13.8. The molecule has 29 heavy (non-hydrogen) atoms. The van der Waals surface area contributed by atoms with Gasteiger partial charge in [0.1, 0.15) is 5.75 Å². The molecule has 0 aliphatic carbocycles. The van der Waals surface area contributed by atoms with Crippen LogP contribution in [0.4, 0.5) is 13.2 Å². The molecule has 0 spiro atoms. The Balaban J connectivity index is 1.94. The molecular weight excluding hydrogens is 383 g/mol. The van der Waals surface area contributed by atoms with Gasteiger partial charge in [0.25, 0.3) is 0 Å². The van der Waals surface area contributed by atoms with Crippen LogP contribution in [-0.2, 0) is 19.0 Å². The van der Waals surface area contributed by atoms with E-state index in [9.17, 15) is 23.4 Å². The van der Waals surface area contributed by atoms with E-state index in [1.807, 2.05) is 30.3 Å². The van der Waals surface area contributed by atoms with Gasteiger partial charge >= 0.3 is 6.18 Å². The largest absolute Gasteiger partial charge is 0.493 e. The van der Waals surface area contributed by atoms with Gasteiger partial charge in [0, 0.05) is 0 Å². The van der Waals surface area contributed by atoms with Crippen molar-refractivity contribution in [2.45, 2.75) is 43.8 Å². The van der Waals surface area contributed by atoms with E-state index < -0.39 is 30.5 Å². The third kappa shape index (κ3) is 7.34. The zero-order valence-electron chi connectivity index (χ0n) is 16.3. The highest BCUT2D eigenvalue weighted by atomic mass is 19.4. The molecule has 0 heterocycles. The Morgan fingerprint density at radius 2 is 1.55 bits per heavy atom. The summed E-state index contributed by atoms with van der Waals surface area (Å²) in [6.07, 6.45) is -1.84. The summed E-state index contributed by atoms with van der Waals surface area (Å²) in [6.45, 7) is -0.685. The van der Waals surface area contributed by atoms with Crippen molar-refractivity contribution in [3.63, 3.8) is 0 Å². The van der Waals surface area contributed by atoms with Crippen LogP contribution in [0.2, 0.25) is 0 Å². The molecule has 0 saturated heterocycles. The van der Waals surface area contributed by atoms with E-state index in [4.69, 9.17) is 10.5 Å². The van der Waals surface area contributed by atoms with Gasteiger partial charge < -0.3 is 20.7 Å². The Kier molecular flexibility index (Phi) is 8.49. The number of aliphatic hydroxyl groups excluding tert-OH is 2. The molecule has 2 rings (SSSR count). The molecule has 0 atom stereocenters. The maximum absolute atomic E-state index is 13.4. The van der Waals surface area contributed by atoms with Crippen LogP contribution in [0.1, 0.15) is 36.0 Å². The van der Waals surface area contributed by atoms with Gasteiger partial charge in [-0.2, -0.15) is 13.2 Å². The summed E-state index contributed by atoms with van der Waals surface area (Å²) < 4.78 is 45.8. The number of ether oxygens (including phenoxy) is 1. The lowest BCUT2D eigenvalue weighted by molar-refractivity contribution is -0.139. The van der Waals surface area contributed by atoms with Gasteiger partial charge in [-0.05, 0) is 55.4 Å². The summed E-state index contributed by atoms with van der Waals surface area (Å²) in [7, 11) is 0. The van der Waals surface area contributed by atoms with Gasteiger partial charge in [0.15, 0.2) is 0 Å². The van der Waals surface area contributed by atoms with Crippen LogP contribution in [0.5, 0.6) is 5.75 Å². The molecule has 0 saturated carbocycles. The third-order valence-corrected chi connectivity index (χ3v) is 4.85. The fourth-order valence-electron chi connectivity index (χ4n) is 2.94. The first-order valence-corrected chi connectivity index (χ1v) is 9.65. The van der Waals surface area contributed by atoms with Gasteiger partial charge in [-0.15, -0.1) is 0 Å². The van der Waals surface area contributed by atoms with Crippen molar-refractivity contribution in [1.82, 2.24) is 0 Å². The van der Waals surface area contributed by atoms with Crippen molar-refractivity contribution in [2.24, 2.45) is 5.73 Å². The molecule has 4 N–H and O–H groups in total. The van der Waals surface area contributed by atoms with E-state index in [-0.39, 0.29) is 25.2 Å². The fourth-order valence-corrected chi connectivity index (χ4v) is 2.94. The first-order chi connectivity index (χ1) is 13.8. The number of halogens is 3. The van der Waals surface area contributed by atoms with Gasteiger partial charge in [-0.25, -0.2) is 0 Å². The number of aryl methyl sites for hydroxylation is 2. The first kappa shape index (κ1) is 23.2. The maximum Gasteiger partial charge on any atom is 0.419 e. The second kappa shape index (κ2) is 10.6. The quantitative estimate of drug-likeness (QED) is 0.493. The molecule has 4 nitrogen and oxygen atoms in total. The lowest BCUT2D eigenvalue weighted by atomic mass is 9.93. The van der Waals surface area contributed by atoms with Crippen LogP contribution in [0, 0.1) is 0 Å². The topological polar surface area (TPSA) is 75.7 Å². The normalized spacial score (nSPS) is 12.2. The second-order valence-corrected chi connectivity index (χ2v) is 7.30. The van der Waals surface area contributed by atoms with Gasteiger partial charge in [0.2, 0.25) is 0 Å². The third-order valence-electron chi connectivity index (χ3n) is 4.85. The van der Waals surface area contributed by atoms with Crippen LogP contribution in [-0.4, -0.2) is 35.6 Å². The average Bonchev–Trinajstić information content (AvgIpc) is 2.72. The van der Waals surface area contributed by atoms with Crippen molar-refractivity contribution in [1.29, 1.82) is 0 Å². The molecule has 0 aliphatic heterocycles. The average molecular weight is 411 g/mol. The van der Waals surface area contributed by atoms with Crippen molar-refractivity contribution in [2.75, 3.05) is 19.8 Å². The van der Waals surface area contributed by atoms with Crippen molar-refractivity contribution >= 4 is 0 Å². The second-order valence-electron chi connectivity index (χ2n) is 7.30. The molecule has 2 aromatic carbocycles. The lowest BCUT2D eigenvalue weighted by Crippen LogP contribution is -2.47. The number of hydrogen-bond donors (Lipinski definition) is 3. The van der Waals surface area contributed by atoms with Gasteiger partial charge in [-0.1, -0.05) is 36.4 Å². The Hall–Kier alpha value is -2.09. The van der Waals surface area contributed by atoms with E-state index in [0.29, 0.717) is 12.0 Å². The highest BCUT2D eigenvalue weighted by Crippen LogP contribution is 2.37. The van der Waals surface area contributed by atoms with E-state index in [1.54, 1.807) is 6.07 Å². The summed E-state index contributed by atoms with van der Waals surface area (Å²) in [5.41, 5.74) is 5.36. The number of alkyl halides is 3. The Labute approximate surface area is 169 Å². The number of hydrogen-bond acceptors (Lipinski definition) is 4. The van der Waals surface area contributed by atoms with Crippen LogP contribution in [0.25, 0.3) is 0 Å². The summed E-state index contributed by atoms with van der Waals surface area (Å²) in [5, 5.41) is 18.4. The molecule has 160 valence electrons. The SMILES string of the molecule is NC(CO)(CO)CCc1ccc(OCCCCc2ccccc2)c(C(F)(F)F)c1.